The van der Waals surface area contributed by atoms with E-state index in [1.54, 1.807) is 20.2 Å². The predicted molar refractivity (Wildman–Crippen MR) is 105 cm³/mol. The zero-order valence-electron chi connectivity index (χ0n) is 17.0. The first-order chi connectivity index (χ1) is 14.6. The number of fused-ring (bicyclic) bond motifs is 1. The number of halogens is 3. The summed E-state index contributed by atoms with van der Waals surface area (Å²) in [6.45, 7) is 0.439. The Morgan fingerprint density at radius 1 is 1.26 bits per heavy atom. The molecule has 1 saturated heterocycles. The van der Waals surface area contributed by atoms with Gasteiger partial charge in [-0.3, -0.25) is 9.59 Å². The van der Waals surface area contributed by atoms with Gasteiger partial charge in [-0.2, -0.15) is 13.2 Å². The van der Waals surface area contributed by atoms with E-state index < -0.39 is 17.8 Å². The van der Waals surface area contributed by atoms with Crippen molar-refractivity contribution in [2.45, 2.75) is 31.5 Å². The van der Waals surface area contributed by atoms with Gasteiger partial charge in [-0.15, -0.1) is 0 Å². The SMILES string of the molecule is CN(C)C(=O)C1CCCN1C(=O)Cc1cn2cc(-c3ccoc3)cc(C(F)(F)F)c2n1. The molecule has 31 heavy (non-hydrogen) atoms. The lowest BCUT2D eigenvalue weighted by atomic mass is 10.1. The van der Waals surface area contributed by atoms with Crippen LogP contribution in [0.25, 0.3) is 16.8 Å². The molecule has 1 aliphatic rings. The van der Waals surface area contributed by atoms with Crippen molar-refractivity contribution >= 4 is 17.5 Å². The average Bonchev–Trinajstić information content (AvgIpc) is 3.44. The van der Waals surface area contributed by atoms with Crippen LogP contribution in [0.3, 0.4) is 0 Å². The van der Waals surface area contributed by atoms with Gasteiger partial charge in [0.1, 0.15) is 11.7 Å². The maximum atomic E-state index is 13.7. The Bertz CT molecular complexity index is 1120. The zero-order valence-corrected chi connectivity index (χ0v) is 17.0. The van der Waals surface area contributed by atoms with E-state index in [9.17, 15) is 22.8 Å². The number of pyridine rings is 1. The van der Waals surface area contributed by atoms with Crippen LogP contribution in [0.5, 0.6) is 0 Å². The highest BCUT2D eigenvalue weighted by Crippen LogP contribution is 2.35. The number of hydrogen-bond donors (Lipinski definition) is 0. The molecule has 4 rings (SSSR count). The summed E-state index contributed by atoms with van der Waals surface area (Å²) in [6, 6.07) is 2.04. The van der Waals surface area contributed by atoms with Crippen LogP contribution in [-0.4, -0.2) is 57.7 Å². The van der Waals surface area contributed by atoms with Crippen LogP contribution >= 0.6 is 0 Å². The number of amides is 2. The highest BCUT2D eigenvalue weighted by atomic mass is 19.4. The fourth-order valence-electron chi connectivity index (χ4n) is 3.91. The molecule has 3 aromatic rings. The molecule has 0 N–H and O–H groups in total. The normalized spacial score (nSPS) is 16.8. The summed E-state index contributed by atoms with van der Waals surface area (Å²) in [5, 5.41) is 0. The summed E-state index contributed by atoms with van der Waals surface area (Å²) < 4.78 is 47.3. The highest BCUT2D eigenvalue weighted by Gasteiger charge is 2.36. The van der Waals surface area contributed by atoms with Crippen LogP contribution in [0.15, 0.2) is 41.5 Å². The van der Waals surface area contributed by atoms with Crippen LogP contribution in [0, 0.1) is 0 Å². The molecule has 0 bridgehead atoms. The van der Waals surface area contributed by atoms with Crippen molar-refractivity contribution in [2.24, 2.45) is 0 Å². The second kappa shape index (κ2) is 7.75. The number of hydrogen-bond acceptors (Lipinski definition) is 4. The maximum Gasteiger partial charge on any atom is 0.420 e. The van der Waals surface area contributed by atoms with Crippen molar-refractivity contribution in [1.82, 2.24) is 19.2 Å². The molecule has 164 valence electrons. The Kier molecular flexibility index (Phi) is 5.24. The largest absolute Gasteiger partial charge is 0.472 e. The second-order valence-electron chi connectivity index (χ2n) is 7.77. The summed E-state index contributed by atoms with van der Waals surface area (Å²) in [5.41, 5.74) is -0.139. The molecule has 1 unspecified atom stereocenters. The number of imidazole rings is 1. The lowest BCUT2D eigenvalue weighted by molar-refractivity contribution is -0.141. The van der Waals surface area contributed by atoms with Gasteiger partial charge in [0.05, 0.1) is 30.2 Å². The maximum absolute atomic E-state index is 13.7. The number of rotatable bonds is 4. The van der Waals surface area contributed by atoms with Crippen LogP contribution in [0.1, 0.15) is 24.1 Å². The van der Waals surface area contributed by atoms with E-state index in [0.29, 0.717) is 30.5 Å². The summed E-state index contributed by atoms with van der Waals surface area (Å²) in [6.07, 6.45) is 2.15. The molecule has 3 aromatic heterocycles. The first-order valence-electron chi connectivity index (χ1n) is 9.77. The number of alkyl halides is 3. The lowest BCUT2D eigenvalue weighted by Crippen LogP contribution is -2.46. The number of carbonyl (C=O) groups is 2. The van der Waals surface area contributed by atoms with Crippen molar-refractivity contribution in [1.29, 1.82) is 0 Å². The Labute approximate surface area is 176 Å². The molecule has 4 heterocycles. The van der Waals surface area contributed by atoms with Crippen LogP contribution in [-0.2, 0) is 22.2 Å². The van der Waals surface area contributed by atoms with Gasteiger partial charge >= 0.3 is 6.18 Å². The third-order valence-electron chi connectivity index (χ3n) is 5.39. The van der Waals surface area contributed by atoms with E-state index in [0.717, 1.165) is 6.07 Å². The molecule has 0 saturated carbocycles. The highest BCUT2D eigenvalue weighted by molar-refractivity contribution is 5.88. The standard InChI is InChI=1S/C21H21F3N4O3/c1-26(2)20(30)17-4-3-6-28(17)18(29)9-15-11-27-10-14(13-5-7-31-12-13)8-16(19(27)25-15)21(22,23)24/h5,7-8,10-12,17H,3-4,6,9H2,1-2H3. The van der Waals surface area contributed by atoms with Crippen molar-refractivity contribution in [3.05, 3.63) is 48.3 Å². The summed E-state index contributed by atoms with van der Waals surface area (Å²) in [5.74, 6) is -0.491. The Morgan fingerprint density at radius 2 is 2.03 bits per heavy atom. The number of nitrogens with zero attached hydrogens (tertiary/aromatic N) is 4. The van der Waals surface area contributed by atoms with Gasteiger partial charge in [0.15, 0.2) is 0 Å². The molecular weight excluding hydrogens is 413 g/mol. The van der Waals surface area contributed by atoms with Gasteiger partial charge in [-0.05, 0) is 25.0 Å². The van der Waals surface area contributed by atoms with E-state index in [-0.39, 0.29) is 29.6 Å². The molecule has 1 fully saturated rings. The molecule has 0 radical (unpaired) electrons. The van der Waals surface area contributed by atoms with E-state index >= 15 is 0 Å². The minimum atomic E-state index is -4.62. The van der Waals surface area contributed by atoms with Crippen molar-refractivity contribution in [2.75, 3.05) is 20.6 Å². The molecule has 7 nitrogen and oxygen atoms in total. The van der Waals surface area contributed by atoms with Gasteiger partial charge in [-0.25, -0.2) is 4.98 Å². The molecule has 0 aromatic carbocycles. The number of likely N-dealkylation sites (N-methyl/N-ethyl adjacent to an activating group) is 1. The molecular formula is C21H21F3N4O3. The first-order valence-corrected chi connectivity index (χ1v) is 9.77. The van der Waals surface area contributed by atoms with Crippen LogP contribution in [0.4, 0.5) is 13.2 Å². The summed E-state index contributed by atoms with van der Waals surface area (Å²) >= 11 is 0. The minimum absolute atomic E-state index is 0.162. The number of furan rings is 1. The zero-order chi connectivity index (χ0) is 22.3. The molecule has 1 atom stereocenters. The van der Waals surface area contributed by atoms with Crippen LogP contribution in [0.2, 0.25) is 0 Å². The monoisotopic (exact) mass is 434 g/mol. The molecule has 2 amide bonds. The van der Waals surface area contributed by atoms with Crippen LogP contribution < -0.4 is 0 Å². The Balaban J connectivity index is 1.66. The topological polar surface area (TPSA) is 71.1 Å². The van der Waals surface area contributed by atoms with E-state index in [2.05, 4.69) is 4.98 Å². The number of carbonyl (C=O) groups excluding carboxylic acids is 2. The Hall–Kier alpha value is -3.30. The molecule has 1 aliphatic heterocycles. The quantitative estimate of drug-likeness (QED) is 0.632. The third kappa shape index (κ3) is 4.01. The van der Waals surface area contributed by atoms with E-state index in [1.165, 1.54) is 39.1 Å². The number of aromatic nitrogens is 2. The fraction of sp³-hybridized carbons (Fsp3) is 0.381. The summed E-state index contributed by atoms with van der Waals surface area (Å²) in [7, 11) is 3.25. The van der Waals surface area contributed by atoms with Gasteiger partial charge in [0, 0.05) is 44.2 Å². The summed E-state index contributed by atoms with van der Waals surface area (Å²) in [4.78, 5) is 32.2. The van der Waals surface area contributed by atoms with Gasteiger partial charge in [0.2, 0.25) is 11.8 Å². The van der Waals surface area contributed by atoms with Crippen molar-refractivity contribution < 1.29 is 27.2 Å². The first kappa shape index (κ1) is 21.0. The molecule has 0 aliphatic carbocycles. The molecule has 10 heteroatoms. The van der Waals surface area contributed by atoms with Crippen molar-refractivity contribution in [3.8, 4) is 11.1 Å². The lowest BCUT2D eigenvalue weighted by Gasteiger charge is -2.26. The second-order valence-corrected chi connectivity index (χ2v) is 7.77. The van der Waals surface area contributed by atoms with E-state index in [4.69, 9.17) is 4.42 Å². The predicted octanol–water partition coefficient (Wildman–Crippen LogP) is 3.23. The third-order valence-corrected chi connectivity index (χ3v) is 5.39. The average molecular weight is 434 g/mol. The number of likely N-dealkylation sites (tertiary alicyclic amines) is 1. The van der Waals surface area contributed by atoms with Crippen molar-refractivity contribution in [3.63, 3.8) is 0 Å². The Morgan fingerprint density at radius 3 is 2.68 bits per heavy atom. The minimum Gasteiger partial charge on any atom is -0.472 e. The van der Waals surface area contributed by atoms with Gasteiger partial charge in [-0.1, -0.05) is 0 Å². The van der Waals surface area contributed by atoms with Gasteiger partial charge < -0.3 is 18.6 Å². The smallest absolute Gasteiger partial charge is 0.420 e. The van der Waals surface area contributed by atoms with Gasteiger partial charge in [0.25, 0.3) is 0 Å². The fourth-order valence-corrected chi connectivity index (χ4v) is 3.91. The van der Waals surface area contributed by atoms with E-state index in [1.807, 2.05) is 0 Å². The molecule has 0 spiro atoms.